The Bertz CT molecular complexity index is 868. The molecule has 2 saturated heterocycles. The van der Waals surface area contributed by atoms with Gasteiger partial charge in [-0.2, -0.15) is 0 Å². The minimum atomic E-state index is 0. The molecule has 0 radical (unpaired) electrons. The van der Waals surface area contributed by atoms with Crippen LogP contribution < -0.4 is 15.0 Å². The van der Waals surface area contributed by atoms with E-state index in [4.69, 9.17) is 9.47 Å². The van der Waals surface area contributed by atoms with Crippen LogP contribution >= 0.6 is 24.0 Å². The van der Waals surface area contributed by atoms with Crippen molar-refractivity contribution in [2.75, 3.05) is 78.1 Å². The van der Waals surface area contributed by atoms with Crippen molar-refractivity contribution in [2.45, 2.75) is 6.04 Å². The summed E-state index contributed by atoms with van der Waals surface area (Å²) < 4.78 is 11.1. The summed E-state index contributed by atoms with van der Waals surface area (Å²) in [6.45, 7) is 8.04. The fraction of sp³-hybridized carbons (Fsp3) is 0.480. The first-order valence-electron chi connectivity index (χ1n) is 11.5. The molecule has 33 heavy (non-hydrogen) atoms. The Morgan fingerprint density at radius 2 is 1.64 bits per heavy atom. The van der Waals surface area contributed by atoms with Gasteiger partial charge < -0.3 is 24.6 Å². The van der Waals surface area contributed by atoms with Crippen LogP contribution in [0.4, 0.5) is 5.69 Å². The zero-order chi connectivity index (χ0) is 22.2. The van der Waals surface area contributed by atoms with Gasteiger partial charge in [0.2, 0.25) is 0 Å². The summed E-state index contributed by atoms with van der Waals surface area (Å²) in [5.41, 5.74) is 2.49. The molecular formula is C25H36IN5O2. The Morgan fingerprint density at radius 3 is 2.30 bits per heavy atom. The molecule has 2 aliphatic rings. The lowest BCUT2D eigenvalue weighted by Crippen LogP contribution is -2.54. The van der Waals surface area contributed by atoms with Crippen LogP contribution in [0, 0.1) is 0 Å². The summed E-state index contributed by atoms with van der Waals surface area (Å²) in [5.74, 6) is 1.90. The average Bonchev–Trinajstić information content (AvgIpc) is 2.88. The average molecular weight is 566 g/mol. The van der Waals surface area contributed by atoms with Gasteiger partial charge >= 0.3 is 0 Å². The summed E-state index contributed by atoms with van der Waals surface area (Å²) >= 11 is 0. The number of guanidine groups is 1. The number of anilines is 1. The van der Waals surface area contributed by atoms with Crippen molar-refractivity contribution < 1.29 is 9.47 Å². The molecule has 0 saturated carbocycles. The van der Waals surface area contributed by atoms with Gasteiger partial charge in [0.15, 0.2) is 5.96 Å². The molecule has 1 N–H and O–H groups in total. The molecule has 0 aliphatic carbocycles. The number of morpholine rings is 1. The SMILES string of the molecule is CN=C(NCC(c1ccccc1)N1CCOCC1)N1CCN(c2ccccc2OC)CC1.I. The topological polar surface area (TPSA) is 52.6 Å². The summed E-state index contributed by atoms with van der Waals surface area (Å²) in [7, 11) is 3.61. The van der Waals surface area contributed by atoms with Crippen molar-refractivity contribution in [1.29, 1.82) is 0 Å². The molecule has 0 aromatic heterocycles. The van der Waals surface area contributed by atoms with E-state index in [1.54, 1.807) is 7.11 Å². The molecule has 2 aromatic rings. The molecule has 2 fully saturated rings. The number of nitrogens with zero attached hydrogens (tertiary/aromatic N) is 4. The number of piperazine rings is 1. The van der Waals surface area contributed by atoms with Crippen LogP contribution in [0.15, 0.2) is 59.6 Å². The third kappa shape index (κ3) is 6.51. The second-order valence-electron chi connectivity index (χ2n) is 8.15. The molecule has 0 amide bonds. The molecule has 0 bridgehead atoms. The van der Waals surface area contributed by atoms with Crippen molar-refractivity contribution in [2.24, 2.45) is 4.99 Å². The van der Waals surface area contributed by atoms with Gasteiger partial charge in [-0.1, -0.05) is 42.5 Å². The summed E-state index contributed by atoms with van der Waals surface area (Å²) in [5, 5.41) is 3.66. The second-order valence-corrected chi connectivity index (χ2v) is 8.15. The molecule has 0 spiro atoms. The van der Waals surface area contributed by atoms with E-state index in [1.165, 1.54) is 5.56 Å². The fourth-order valence-corrected chi connectivity index (χ4v) is 4.59. The van der Waals surface area contributed by atoms with Crippen molar-refractivity contribution >= 4 is 35.6 Å². The lowest BCUT2D eigenvalue weighted by molar-refractivity contribution is 0.0169. The number of nitrogens with one attached hydrogen (secondary N) is 1. The number of ether oxygens (including phenoxy) is 2. The lowest BCUT2D eigenvalue weighted by atomic mass is 10.0. The minimum Gasteiger partial charge on any atom is -0.495 e. The van der Waals surface area contributed by atoms with Gasteiger partial charge in [0.05, 0.1) is 32.1 Å². The Balaban J connectivity index is 0.00000306. The lowest BCUT2D eigenvalue weighted by Gasteiger charge is -2.39. The van der Waals surface area contributed by atoms with E-state index in [-0.39, 0.29) is 24.0 Å². The maximum absolute atomic E-state index is 5.58. The molecule has 2 aromatic carbocycles. The van der Waals surface area contributed by atoms with Gasteiger partial charge in [0, 0.05) is 52.9 Å². The van der Waals surface area contributed by atoms with Gasteiger partial charge in [0.25, 0.3) is 0 Å². The quantitative estimate of drug-likeness (QED) is 0.330. The van der Waals surface area contributed by atoms with Crippen LogP contribution in [0.25, 0.3) is 0 Å². The number of rotatable bonds is 6. The molecule has 1 unspecified atom stereocenters. The highest BCUT2D eigenvalue weighted by atomic mass is 127. The summed E-state index contributed by atoms with van der Waals surface area (Å²) in [4.78, 5) is 11.9. The third-order valence-corrected chi connectivity index (χ3v) is 6.34. The predicted octanol–water partition coefficient (Wildman–Crippen LogP) is 3.08. The van der Waals surface area contributed by atoms with Crippen LogP contribution in [0.3, 0.4) is 0 Å². The maximum Gasteiger partial charge on any atom is 0.193 e. The van der Waals surface area contributed by atoms with Crippen molar-refractivity contribution in [3.8, 4) is 5.75 Å². The Labute approximate surface area is 214 Å². The Kier molecular flexibility index (Phi) is 10.1. The highest BCUT2D eigenvalue weighted by Gasteiger charge is 2.25. The van der Waals surface area contributed by atoms with Crippen molar-refractivity contribution in [1.82, 2.24) is 15.1 Å². The van der Waals surface area contributed by atoms with E-state index < -0.39 is 0 Å². The monoisotopic (exact) mass is 565 g/mol. The first-order valence-corrected chi connectivity index (χ1v) is 11.5. The smallest absolute Gasteiger partial charge is 0.193 e. The number of hydrogen-bond acceptors (Lipinski definition) is 5. The van der Waals surface area contributed by atoms with E-state index in [0.29, 0.717) is 6.04 Å². The van der Waals surface area contributed by atoms with Crippen LogP contribution in [0.1, 0.15) is 11.6 Å². The fourth-order valence-electron chi connectivity index (χ4n) is 4.59. The molecular weight excluding hydrogens is 529 g/mol. The molecule has 2 aliphatic heterocycles. The van der Waals surface area contributed by atoms with Crippen LogP contribution in [-0.2, 0) is 4.74 Å². The molecule has 7 nitrogen and oxygen atoms in total. The van der Waals surface area contributed by atoms with E-state index >= 15 is 0 Å². The minimum absolute atomic E-state index is 0. The van der Waals surface area contributed by atoms with Gasteiger partial charge in [-0.3, -0.25) is 9.89 Å². The third-order valence-electron chi connectivity index (χ3n) is 6.34. The Hall–Kier alpha value is -2.04. The number of halogens is 1. The number of hydrogen-bond donors (Lipinski definition) is 1. The first-order chi connectivity index (χ1) is 15.8. The summed E-state index contributed by atoms with van der Waals surface area (Å²) in [6.07, 6.45) is 0. The highest BCUT2D eigenvalue weighted by molar-refractivity contribution is 14.0. The van der Waals surface area contributed by atoms with Crippen LogP contribution in [-0.4, -0.2) is 88.9 Å². The normalized spacial score (nSPS) is 18.4. The number of para-hydroxylation sites is 2. The maximum atomic E-state index is 5.58. The molecule has 8 heteroatoms. The van der Waals surface area contributed by atoms with Crippen molar-refractivity contribution in [3.63, 3.8) is 0 Å². The zero-order valence-electron chi connectivity index (χ0n) is 19.7. The van der Waals surface area contributed by atoms with Crippen molar-refractivity contribution in [3.05, 3.63) is 60.2 Å². The van der Waals surface area contributed by atoms with Gasteiger partial charge in [0.1, 0.15) is 5.75 Å². The number of aliphatic imine (C=N–C) groups is 1. The van der Waals surface area contributed by atoms with Crippen LogP contribution in [0.2, 0.25) is 0 Å². The molecule has 4 rings (SSSR count). The predicted molar refractivity (Wildman–Crippen MR) is 145 cm³/mol. The molecule has 180 valence electrons. The largest absolute Gasteiger partial charge is 0.495 e. The van der Waals surface area contributed by atoms with E-state index in [9.17, 15) is 0 Å². The molecule has 1 atom stereocenters. The standard InChI is InChI=1S/C25H35N5O2.HI/c1-26-25(30-14-12-28(13-15-30)22-10-6-7-11-24(22)31-2)27-20-23(21-8-4-3-5-9-21)29-16-18-32-19-17-29;/h3-11,23H,12-20H2,1-2H3,(H,26,27);1H. The van der Waals surface area contributed by atoms with Gasteiger partial charge in [-0.25, -0.2) is 0 Å². The van der Waals surface area contributed by atoms with E-state index in [2.05, 4.69) is 67.5 Å². The number of benzene rings is 2. The second kappa shape index (κ2) is 13.0. The first kappa shape index (κ1) is 25.6. The number of methoxy groups -OCH3 is 1. The zero-order valence-corrected chi connectivity index (χ0v) is 22.0. The highest BCUT2D eigenvalue weighted by Crippen LogP contribution is 2.28. The Morgan fingerprint density at radius 1 is 0.970 bits per heavy atom. The molecule has 2 heterocycles. The summed E-state index contributed by atoms with van der Waals surface area (Å²) in [6, 6.07) is 19.3. The van der Waals surface area contributed by atoms with E-state index in [1.807, 2.05) is 19.2 Å². The van der Waals surface area contributed by atoms with Crippen LogP contribution in [0.5, 0.6) is 5.75 Å². The van der Waals surface area contributed by atoms with Gasteiger partial charge in [-0.15, -0.1) is 24.0 Å². The van der Waals surface area contributed by atoms with E-state index in [0.717, 1.165) is 76.4 Å². The van der Waals surface area contributed by atoms with Gasteiger partial charge in [-0.05, 0) is 17.7 Å².